The molecule has 0 aromatic heterocycles. The van der Waals surface area contributed by atoms with Crippen LogP contribution in [0.25, 0.3) is 0 Å². The van der Waals surface area contributed by atoms with Gasteiger partial charge in [-0.2, -0.15) is 0 Å². The van der Waals surface area contributed by atoms with Crippen LogP contribution in [0.1, 0.15) is 38.2 Å². The van der Waals surface area contributed by atoms with Crippen molar-refractivity contribution < 1.29 is 4.92 Å². The number of nitro benzene ring substituents is 1. The van der Waals surface area contributed by atoms with E-state index in [9.17, 15) is 10.1 Å². The normalized spacial score (nSPS) is 14.4. The lowest BCUT2D eigenvalue weighted by Crippen LogP contribution is -2.27. The highest BCUT2D eigenvalue weighted by molar-refractivity contribution is 6.17. The maximum absolute atomic E-state index is 10.8. The smallest absolute Gasteiger partial charge is 0.269 e. The third-order valence-electron chi connectivity index (χ3n) is 3.47. The minimum absolute atomic E-state index is 0.116. The third kappa shape index (κ3) is 3.38. The molecule has 1 fully saturated rings. The molecule has 0 radical (unpaired) electrons. The summed E-state index contributed by atoms with van der Waals surface area (Å²) in [6, 6.07) is 5.62. The van der Waals surface area contributed by atoms with E-state index in [4.69, 9.17) is 11.6 Å². The molecule has 0 N–H and O–H groups in total. The Morgan fingerprint density at radius 3 is 2.74 bits per heavy atom. The summed E-state index contributed by atoms with van der Waals surface area (Å²) in [6.07, 6.45) is 4.70. The molecule has 19 heavy (non-hydrogen) atoms. The first-order valence-corrected chi connectivity index (χ1v) is 7.30. The van der Waals surface area contributed by atoms with Gasteiger partial charge in [-0.15, -0.1) is 11.6 Å². The summed E-state index contributed by atoms with van der Waals surface area (Å²) in [7, 11) is 0. The minimum Gasteiger partial charge on any atom is -0.368 e. The van der Waals surface area contributed by atoms with Crippen molar-refractivity contribution in [3.05, 3.63) is 33.9 Å². The van der Waals surface area contributed by atoms with Crippen LogP contribution >= 0.6 is 11.6 Å². The first-order valence-electron chi connectivity index (χ1n) is 6.77. The number of anilines is 1. The quantitative estimate of drug-likeness (QED) is 0.430. The first-order chi connectivity index (χ1) is 9.17. The number of non-ortho nitro benzene ring substituents is 1. The second-order valence-electron chi connectivity index (χ2n) is 4.98. The fourth-order valence-electron chi connectivity index (χ4n) is 2.29. The zero-order valence-electron chi connectivity index (χ0n) is 11.1. The van der Waals surface area contributed by atoms with Gasteiger partial charge >= 0.3 is 0 Å². The molecule has 0 atom stereocenters. The fraction of sp³-hybridized carbons (Fsp3) is 0.571. The van der Waals surface area contributed by atoms with Crippen LogP contribution in [0.15, 0.2) is 18.2 Å². The third-order valence-corrected chi connectivity index (χ3v) is 3.76. The topological polar surface area (TPSA) is 46.4 Å². The minimum atomic E-state index is -0.368. The Bertz CT molecular complexity index is 461. The van der Waals surface area contributed by atoms with Gasteiger partial charge < -0.3 is 4.90 Å². The number of rotatable bonds is 7. The molecule has 0 bridgehead atoms. The zero-order valence-corrected chi connectivity index (χ0v) is 11.9. The Hall–Kier alpha value is -1.29. The van der Waals surface area contributed by atoms with Gasteiger partial charge in [-0.05, 0) is 30.9 Å². The largest absolute Gasteiger partial charge is 0.368 e. The van der Waals surface area contributed by atoms with Crippen molar-refractivity contribution >= 4 is 23.0 Å². The van der Waals surface area contributed by atoms with Crippen LogP contribution in [0.2, 0.25) is 0 Å². The molecular weight excluding hydrogens is 264 g/mol. The molecule has 1 aromatic rings. The predicted octanol–water partition coefficient (Wildman–Crippen LogP) is 4.10. The summed E-state index contributed by atoms with van der Waals surface area (Å²) >= 11 is 5.96. The number of unbranched alkanes of at least 4 members (excludes halogenated alkanes) is 1. The second kappa shape index (κ2) is 6.24. The first kappa shape index (κ1) is 14.1. The van der Waals surface area contributed by atoms with Crippen molar-refractivity contribution in [2.24, 2.45) is 0 Å². The number of hydrogen-bond donors (Lipinski definition) is 0. The number of alkyl halides is 1. The Balaban J connectivity index is 2.27. The van der Waals surface area contributed by atoms with Gasteiger partial charge in [0.2, 0.25) is 0 Å². The average molecular weight is 283 g/mol. The lowest BCUT2D eigenvalue weighted by Gasteiger charge is -2.26. The van der Waals surface area contributed by atoms with Gasteiger partial charge in [-0.3, -0.25) is 10.1 Å². The standard InChI is InChI=1S/C14H19ClN2O2/c1-2-3-8-16(12-4-5-12)14-7-6-13(17(18)19)9-11(14)10-15/h6-7,9,12H,2-5,8,10H2,1H3. The summed E-state index contributed by atoms with van der Waals surface area (Å²) in [5.74, 6) is 0.312. The summed E-state index contributed by atoms with van der Waals surface area (Å²) in [6.45, 7) is 3.17. The van der Waals surface area contributed by atoms with Gasteiger partial charge in [-0.25, -0.2) is 0 Å². The summed E-state index contributed by atoms with van der Waals surface area (Å²) < 4.78 is 0. The van der Waals surface area contributed by atoms with Crippen LogP contribution in [0, 0.1) is 10.1 Å². The van der Waals surface area contributed by atoms with E-state index in [0.29, 0.717) is 11.9 Å². The summed E-state index contributed by atoms with van der Waals surface area (Å²) in [5.41, 5.74) is 2.04. The van der Waals surface area contributed by atoms with Crippen LogP contribution in [-0.4, -0.2) is 17.5 Å². The molecule has 0 unspecified atom stereocenters. The molecule has 104 valence electrons. The van der Waals surface area contributed by atoms with Gasteiger partial charge in [0.1, 0.15) is 0 Å². The van der Waals surface area contributed by atoms with Gasteiger partial charge in [0.15, 0.2) is 0 Å². The molecular formula is C14H19ClN2O2. The number of nitro groups is 1. The summed E-state index contributed by atoms with van der Waals surface area (Å²) in [5, 5.41) is 10.8. The van der Waals surface area contributed by atoms with E-state index >= 15 is 0 Å². The molecule has 1 aromatic carbocycles. The van der Waals surface area contributed by atoms with E-state index in [1.165, 1.54) is 12.8 Å². The van der Waals surface area contributed by atoms with Gasteiger partial charge in [-0.1, -0.05) is 13.3 Å². The Kier molecular flexibility index (Phi) is 4.64. The van der Waals surface area contributed by atoms with Crippen molar-refractivity contribution in [2.45, 2.75) is 44.5 Å². The van der Waals surface area contributed by atoms with Crippen LogP contribution in [0.4, 0.5) is 11.4 Å². The molecule has 1 saturated carbocycles. The van der Waals surface area contributed by atoms with Crippen LogP contribution in [0.3, 0.4) is 0 Å². The van der Waals surface area contributed by atoms with Gasteiger partial charge in [0.25, 0.3) is 5.69 Å². The maximum atomic E-state index is 10.8. The predicted molar refractivity (Wildman–Crippen MR) is 77.9 cm³/mol. The van der Waals surface area contributed by atoms with Gasteiger partial charge in [0.05, 0.1) is 4.92 Å². The second-order valence-corrected chi connectivity index (χ2v) is 5.25. The molecule has 1 aliphatic rings. The van der Waals surface area contributed by atoms with Crippen molar-refractivity contribution in [3.63, 3.8) is 0 Å². The number of benzene rings is 1. The highest BCUT2D eigenvalue weighted by atomic mass is 35.5. The zero-order chi connectivity index (χ0) is 13.8. The molecule has 0 amide bonds. The molecule has 0 saturated heterocycles. The van der Waals surface area contributed by atoms with Crippen molar-refractivity contribution in [3.8, 4) is 0 Å². The molecule has 0 heterocycles. The number of nitrogens with zero attached hydrogens (tertiary/aromatic N) is 2. The molecule has 1 aliphatic carbocycles. The number of hydrogen-bond acceptors (Lipinski definition) is 3. The Morgan fingerprint density at radius 2 is 2.21 bits per heavy atom. The van der Waals surface area contributed by atoms with E-state index < -0.39 is 0 Å². The average Bonchev–Trinajstić information content (AvgIpc) is 3.23. The molecule has 5 heteroatoms. The van der Waals surface area contributed by atoms with Crippen molar-refractivity contribution in [1.29, 1.82) is 0 Å². The van der Waals surface area contributed by atoms with Crippen LogP contribution < -0.4 is 4.90 Å². The van der Waals surface area contributed by atoms with Crippen molar-refractivity contribution in [2.75, 3.05) is 11.4 Å². The van der Waals surface area contributed by atoms with Crippen LogP contribution in [0.5, 0.6) is 0 Å². The van der Waals surface area contributed by atoms with E-state index in [-0.39, 0.29) is 10.6 Å². The molecule has 4 nitrogen and oxygen atoms in total. The molecule has 2 rings (SSSR count). The van der Waals surface area contributed by atoms with Crippen LogP contribution in [-0.2, 0) is 5.88 Å². The maximum Gasteiger partial charge on any atom is 0.269 e. The van der Waals surface area contributed by atoms with E-state index in [1.54, 1.807) is 12.1 Å². The highest BCUT2D eigenvalue weighted by Gasteiger charge is 2.30. The monoisotopic (exact) mass is 282 g/mol. The lowest BCUT2D eigenvalue weighted by molar-refractivity contribution is -0.384. The molecule has 0 spiro atoms. The molecule has 0 aliphatic heterocycles. The van der Waals surface area contributed by atoms with E-state index in [2.05, 4.69) is 11.8 Å². The van der Waals surface area contributed by atoms with Gasteiger partial charge in [0, 0.05) is 36.3 Å². The van der Waals surface area contributed by atoms with E-state index in [1.807, 2.05) is 6.07 Å². The Morgan fingerprint density at radius 1 is 1.47 bits per heavy atom. The van der Waals surface area contributed by atoms with Crippen molar-refractivity contribution in [1.82, 2.24) is 0 Å². The number of halogens is 1. The highest BCUT2D eigenvalue weighted by Crippen LogP contribution is 2.35. The summed E-state index contributed by atoms with van der Waals surface area (Å²) in [4.78, 5) is 12.8. The van der Waals surface area contributed by atoms with E-state index in [0.717, 1.165) is 30.6 Å². The SMILES string of the molecule is CCCCN(c1ccc([N+](=O)[O-])cc1CCl)C1CC1. The Labute approximate surface area is 118 Å². The lowest BCUT2D eigenvalue weighted by atomic mass is 10.1. The fourth-order valence-corrected chi connectivity index (χ4v) is 2.50.